The smallest absolute Gasteiger partial charge is 0.0841 e. The Labute approximate surface area is 109 Å². The zero-order chi connectivity index (χ0) is 13.0. The summed E-state index contributed by atoms with van der Waals surface area (Å²) in [6, 6.07) is 8.37. The van der Waals surface area contributed by atoms with Crippen molar-refractivity contribution in [3.63, 3.8) is 0 Å². The lowest BCUT2D eigenvalue weighted by Gasteiger charge is -2.13. The standard InChI is InChI=1S/C14H22N4/c1-4-17(2)10-9-15-11-13-12-7-5-6-8-14(12)18(3)16-13/h5-8,15H,4,9-11H2,1-3H3. The van der Waals surface area contributed by atoms with Crippen molar-refractivity contribution in [2.45, 2.75) is 13.5 Å². The molecule has 0 radical (unpaired) electrons. The molecule has 2 aromatic rings. The maximum atomic E-state index is 4.57. The molecule has 4 nitrogen and oxygen atoms in total. The van der Waals surface area contributed by atoms with Crippen LogP contribution >= 0.6 is 0 Å². The summed E-state index contributed by atoms with van der Waals surface area (Å²) < 4.78 is 1.95. The van der Waals surface area contributed by atoms with Crippen molar-refractivity contribution in [3.05, 3.63) is 30.0 Å². The van der Waals surface area contributed by atoms with E-state index in [1.807, 2.05) is 11.7 Å². The summed E-state index contributed by atoms with van der Waals surface area (Å²) in [5.74, 6) is 0. The monoisotopic (exact) mass is 246 g/mol. The molecule has 18 heavy (non-hydrogen) atoms. The second-order valence-corrected chi connectivity index (χ2v) is 4.66. The van der Waals surface area contributed by atoms with Crippen molar-refractivity contribution < 1.29 is 0 Å². The van der Waals surface area contributed by atoms with Gasteiger partial charge in [-0.1, -0.05) is 25.1 Å². The fourth-order valence-electron chi connectivity index (χ4n) is 2.05. The minimum absolute atomic E-state index is 0.832. The van der Waals surface area contributed by atoms with Crippen molar-refractivity contribution in [2.75, 3.05) is 26.7 Å². The van der Waals surface area contributed by atoms with E-state index in [2.05, 4.69) is 53.6 Å². The number of fused-ring (bicyclic) bond motifs is 1. The molecule has 0 spiro atoms. The molecule has 1 heterocycles. The van der Waals surface area contributed by atoms with Crippen LogP contribution in [0.2, 0.25) is 0 Å². The minimum atomic E-state index is 0.832. The lowest BCUT2D eigenvalue weighted by Crippen LogP contribution is -2.28. The number of benzene rings is 1. The fraction of sp³-hybridized carbons (Fsp3) is 0.500. The first kappa shape index (κ1) is 13.1. The van der Waals surface area contributed by atoms with E-state index in [-0.39, 0.29) is 0 Å². The summed E-state index contributed by atoms with van der Waals surface area (Å²) in [6.45, 7) is 6.16. The van der Waals surface area contributed by atoms with Gasteiger partial charge in [0.25, 0.3) is 0 Å². The number of nitrogens with zero attached hydrogens (tertiary/aromatic N) is 3. The Hall–Kier alpha value is -1.39. The summed E-state index contributed by atoms with van der Waals surface area (Å²) in [5.41, 5.74) is 2.33. The first-order valence-corrected chi connectivity index (χ1v) is 6.52. The van der Waals surface area contributed by atoms with Gasteiger partial charge in [-0.15, -0.1) is 0 Å². The molecule has 1 aromatic heterocycles. The lowest BCUT2D eigenvalue weighted by molar-refractivity contribution is 0.348. The van der Waals surface area contributed by atoms with Crippen LogP contribution in [0.5, 0.6) is 0 Å². The molecule has 0 fully saturated rings. The van der Waals surface area contributed by atoms with Gasteiger partial charge in [-0.2, -0.15) is 5.10 Å². The highest BCUT2D eigenvalue weighted by molar-refractivity contribution is 5.81. The van der Waals surface area contributed by atoms with E-state index in [0.717, 1.165) is 31.9 Å². The van der Waals surface area contributed by atoms with Crippen LogP contribution in [0.4, 0.5) is 0 Å². The van der Waals surface area contributed by atoms with Gasteiger partial charge in [-0.05, 0) is 19.7 Å². The van der Waals surface area contributed by atoms with E-state index in [0.29, 0.717) is 0 Å². The number of hydrogen-bond donors (Lipinski definition) is 1. The fourth-order valence-corrected chi connectivity index (χ4v) is 2.05. The van der Waals surface area contributed by atoms with Crippen LogP contribution in [0.25, 0.3) is 10.9 Å². The maximum Gasteiger partial charge on any atom is 0.0841 e. The van der Waals surface area contributed by atoms with E-state index in [9.17, 15) is 0 Å². The average molecular weight is 246 g/mol. The van der Waals surface area contributed by atoms with E-state index >= 15 is 0 Å². The Kier molecular flexibility index (Phi) is 4.33. The molecular formula is C14H22N4. The van der Waals surface area contributed by atoms with Crippen LogP contribution in [-0.4, -0.2) is 41.4 Å². The number of hydrogen-bond acceptors (Lipinski definition) is 3. The summed E-state index contributed by atoms with van der Waals surface area (Å²) in [6.07, 6.45) is 0. The summed E-state index contributed by atoms with van der Waals surface area (Å²) >= 11 is 0. The van der Waals surface area contributed by atoms with Gasteiger partial charge in [0.2, 0.25) is 0 Å². The highest BCUT2D eigenvalue weighted by Crippen LogP contribution is 2.16. The van der Waals surface area contributed by atoms with Crippen LogP contribution in [-0.2, 0) is 13.6 Å². The van der Waals surface area contributed by atoms with E-state index in [1.165, 1.54) is 10.9 Å². The second kappa shape index (κ2) is 5.98. The Morgan fingerprint density at radius 2 is 2.11 bits per heavy atom. The Bertz CT molecular complexity index is 503. The Balaban J connectivity index is 1.96. The highest BCUT2D eigenvalue weighted by Gasteiger charge is 2.06. The van der Waals surface area contributed by atoms with Crippen LogP contribution < -0.4 is 5.32 Å². The molecule has 0 amide bonds. The molecule has 1 N–H and O–H groups in total. The molecule has 2 rings (SSSR count). The zero-order valence-electron chi connectivity index (χ0n) is 11.5. The molecule has 0 unspecified atom stereocenters. The summed E-state index contributed by atoms with van der Waals surface area (Å²) in [4.78, 5) is 2.30. The first-order chi connectivity index (χ1) is 8.72. The average Bonchev–Trinajstić information content (AvgIpc) is 2.72. The largest absolute Gasteiger partial charge is 0.310 e. The van der Waals surface area contributed by atoms with Crippen molar-refractivity contribution in [2.24, 2.45) is 7.05 Å². The van der Waals surface area contributed by atoms with Gasteiger partial charge in [0, 0.05) is 32.1 Å². The van der Waals surface area contributed by atoms with Gasteiger partial charge in [-0.25, -0.2) is 0 Å². The molecule has 0 aliphatic rings. The molecule has 0 aliphatic carbocycles. The third kappa shape index (κ3) is 2.89. The number of aromatic nitrogens is 2. The molecule has 1 aromatic carbocycles. The molecule has 98 valence electrons. The minimum Gasteiger partial charge on any atom is -0.310 e. The van der Waals surface area contributed by atoms with Crippen molar-refractivity contribution in [1.29, 1.82) is 0 Å². The van der Waals surface area contributed by atoms with E-state index in [4.69, 9.17) is 0 Å². The van der Waals surface area contributed by atoms with Gasteiger partial charge in [0.05, 0.1) is 11.2 Å². The predicted octanol–water partition coefficient (Wildman–Crippen LogP) is 1.61. The van der Waals surface area contributed by atoms with Gasteiger partial charge in [-0.3, -0.25) is 4.68 Å². The zero-order valence-corrected chi connectivity index (χ0v) is 11.5. The van der Waals surface area contributed by atoms with Crippen molar-refractivity contribution in [1.82, 2.24) is 20.0 Å². The van der Waals surface area contributed by atoms with Crippen molar-refractivity contribution >= 4 is 10.9 Å². The number of rotatable bonds is 6. The molecule has 0 bridgehead atoms. The number of nitrogens with one attached hydrogen (secondary N) is 1. The second-order valence-electron chi connectivity index (χ2n) is 4.66. The third-order valence-corrected chi connectivity index (χ3v) is 3.34. The Morgan fingerprint density at radius 1 is 1.33 bits per heavy atom. The van der Waals surface area contributed by atoms with Gasteiger partial charge < -0.3 is 10.2 Å². The molecule has 0 aliphatic heterocycles. The number of likely N-dealkylation sites (N-methyl/N-ethyl adjacent to an activating group) is 1. The van der Waals surface area contributed by atoms with Crippen LogP contribution in [0.15, 0.2) is 24.3 Å². The van der Waals surface area contributed by atoms with Crippen LogP contribution in [0.1, 0.15) is 12.6 Å². The number of aryl methyl sites for hydroxylation is 1. The molecule has 0 saturated heterocycles. The molecule has 4 heteroatoms. The van der Waals surface area contributed by atoms with Crippen LogP contribution in [0, 0.1) is 0 Å². The predicted molar refractivity (Wildman–Crippen MR) is 75.6 cm³/mol. The molecular weight excluding hydrogens is 224 g/mol. The van der Waals surface area contributed by atoms with E-state index in [1.54, 1.807) is 0 Å². The topological polar surface area (TPSA) is 33.1 Å². The quantitative estimate of drug-likeness (QED) is 0.786. The first-order valence-electron chi connectivity index (χ1n) is 6.52. The van der Waals surface area contributed by atoms with Gasteiger partial charge in [0.15, 0.2) is 0 Å². The SMILES string of the molecule is CCN(C)CCNCc1nn(C)c2ccccc12. The molecule has 0 atom stereocenters. The third-order valence-electron chi connectivity index (χ3n) is 3.34. The lowest BCUT2D eigenvalue weighted by atomic mass is 10.2. The highest BCUT2D eigenvalue weighted by atomic mass is 15.3. The Morgan fingerprint density at radius 3 is 2.89 bits per heavy atom. The number of para-hydroxylation sites is 1. The van der Waals surface area contributed by atoms with Gasteiger partial charge in [0.1, 0.15) is 0 Å². The normalized spacial score (nSPS) is 11.6. The van der Waals surface area contributed by atoms with Crippen molar-refractivity contribution in [3.8, 4) is 0 Å². The van der Waals surface area contributed by atoms with Crippen LogP contribution in [0.3, 0.4) is 0 Å². The summed E-state index contributed by atoms with van der Waals surface area (Å²) in [5, 5.41) is 9.27. The van der Waals surface area contributed by atoms with Gasteiger partial charge >= 0.3 is 0 Å². The maximum absolute atomic E-state index is 4.57. The molecule has 0 saturated carbocycles. The summed E-state index contributed by atoms with van der Waals surface area (Å²) in [7, 11) is 4.13. The van der Waals surface area contributed by atoms with E-state index < -0.39 is 0 Å².